The summed E-state index contributed by atoms with van der Waals surface area (Å²) in [5.41, 5.74) is 1.67. The van der Waals surface area contributed by atoms with Crippen LogP contribution in [0.4, 0.5) is 0 Å². The Hall–Kier alpha value is -0.470. The van der Waals surface area contributed by atoms with Crippen LogP contribution in [0.25, 0.3) is 0 Å². The van der Waals surface area contributed by atoms with Gasteiger partial charge in [-0.1, -0.05) is 37.3 Å². The Morgan fingerprint density at radius 3 is 2.42 bits per heavy atom. The molecule has 1 N–H and O–H groups in total. The van der Waals surface area contributed by atoms with E-state index in [9.17, 15) is 0 Å². The summed E-state index contributed by atoms with van der Waals surface area (Å²) in [6.07, 6.45) is 2.59. The third-order valence-corrected chi connectivity index (χ3v) is 4.18. The van der Waals surface area contributed by atoms with Crippen molar-refractivity contribution in [2.45, 2.75) is 52.0 Å². The van der Waals surface area contributed by atoms with Gasteiger partial charge in [-0.25, -0.2) is 0 Å². The van der Waals surface area contributed by atoms with Crippen molar-refractivity contribution in [3.8, 4) is 0 Å². The molecule has 0 aliphatic carbocycles. The van der Waals surface area contributed by atoms with Crippen molar-refractivity contribution < 1.29 is 0 Å². The monoisotopic (exact) mass is 279 g/mol. The molecule has 1 atom stereocenters. The van der Waals surface area contributed by atoms with Crippen LogP contribution in [0.5, 0.6) is 0 Å². The van der Waals surface area contributed by atoms with E-state index >= 15 is 0 Å². The third-order valence-electron chi connectivity index (χ3n) is 3.20. The second-order valence-corrected chi connectivity index (χ2v) is 7.47. The Morgan fingerprint density at radius 1 is 1.16 bits per heavy atom. The highest BCUT2D eigenvalue weighted by atomic mass is 32.2. The summed E-state index contributed by atoms with van der Waals surface area (Å²) in [7, 11) is 0. The summed E-state index contributed by atoms with van der Waals surface area (Å²) in [5.74, 6) is 3.16. The highest BCUT2D eigenvalue weighted by Crippen LogP contribution is 2.22. The van der Waals surface area contributed by atoms with Gasteiger partial charge in [0.25, 0.3) is 0 Å². The number of rotatable bonds is 8. The van der Waals surface area contributed by atoms with Crippen LogP contribution in [0.15, 0.2) is 30.3 Å². The second-order valence-electron chi connectivity index (χ2n) is 6.08. The van der Waals surface area contributed by atoms with E-state index in [2.05, 4.69) is 63.3 Å². The molecular weight excluding hydrogens is 250 g/mol. The van der Waals surface area contributed by atoms with Crippen molar-refractivity contribution in [2.24, 2.45) is 0 Å². The average molecular weight is 279 g/mol. The molecule has 2 heteroatoms. The first-order valence-electron chi connectivity index (χ1n) is 7.40. The molecule has 1 rings (SSSR count). The van der Waals surface area contributed by atoms with Gasteiger partial charge in [-0.2, -0.15) is 11.8 Å². The molecule has 1 nitrogen and oxygen atoms in total. The van der Waals surface area contributed by atoms with Crippen LogP contribution in [0.1, 0.15) is 52.0 Å². The summed E-state index contributed by atoms with van der Waals surface area (Å²) in [4.78, 5) is 0. The Kier molecular flexibility index (Phi) is 7.55. The van der Waals surface area contributed by atoms with Crippen LogP contribution in [0.2, 0.25) is 0 Å². The summed E-state index contributed by atoms with van der Waals surface area (Å²) in [6.45, 7) is 10.0. The molecule has 0 saturated carbocycles. The lowest BCUT2D eigenvalue weighted by molar-refractivity contribution is 0.398. The fourth-order valence-electron chi connectivity index (χ4n) is 2.12. The van der Waals surface area contributed by atoms with E-state index < -0.39 is 0 Å². The van der Waals surface area contributed by atoms with Gasteiger partial charge in [0, 0.05) is 12.1 Å². The van der Waals surface area contributed by atoms with Crippen molar-refractivity contribution >= 4 is 11.8 Å². The zero-order chi connectivity index (χ0) is 14.1. The van der Waals surface area contributed by atoms with Gasteiger partial charge in [-0.05, 0) is 56.6 Å². The smallest absolute Gasteiger partial charge is 0.00967 e. The van der Waals surface area contributed by atoms with Gasteiger partial charge >= 0.3 is 0 Å². The van der Waals surface area contributed by atoms with Crippen molar-refractivity contribution in [3.63, 3.8) is 0 Å². The normalized spacial score (nSPS) is 13.5. The molecule has 0 aliphatic rings. The highest BCUT2D eigenvalue weighted by molar-refractivity contribution is 7.99. The summed E-state index contributed by atoms with van der Waals surface area (Å²) < 4.78 is 0. The first-order valence-corrected chi connectivity index (χ1v) is 8.56. The maximum Gasteiger partial charge on any atom is 0.00967 e. The van der Waals surface area contributed by atoms with Crippen LogP contribution < -0.4 is 5.32 Å². The van der Waals surface area contributed by atoms with E-state index in [0.717, 1.165) is 6.54 Å². The van der Waals surface area contributed by atoms with Gasteiger partial charge in [0.05, 0.1) is 0 Å². The first-order chi connectivity index (χ1) is 9.03. The average Bonchev–Trinajstić information content (AvgIpc) is 2.38. The molecule has 0 spiro atoms. The van der Waals surface area contributed by atoms with Crippen LogP contribution >= 0.6 is 11.8 Å². The van der Waals surface area contributed by atoms with Gasteiger partial charge in [-0.3, -0.25) is 0 Å². The molecule has 1 unspecified atom stereocenters. The molecule has 0 heterocycles. The fourth-order valence-corrected chi connectivity index (χ4v) is 2.78. The van der Waals surface area contributed by atoms with Crippen molar-refractivity contribution in [1.29, 1.82) is 0 Å². The topological polar surface area (TPSA) is 12.0 Å². The van der Waals surface area contributed by atoms with Gasteiger partial charge < -0.3 is 5.32 Å². The third kappa shape index (κ3) is 7.64. The minimum absolute atomic E-state index is 0.200. The minimum atomic E-state index is 0.200. The minimum Gasteiger partial charge on any atom is -0.311 e. The molecule has 0 radical (unpaired) electrons. The van der Waals surface area contributed by atoms with Crippen molar-refractivity contribution in [1.82, 2.24) is 5.32 Å². The van der Waals surface area contributed by atoms with Crippen LogP contribution in [0, 0.1) is 0 Å². The predicted molar refractivity (Wildman–Crippen MR) is 89.2 cm³/mol. The SMILES string of the molecule is CCSCCCC(CNC(C)(C)C)c1ccccc1. The maximum atomic E-state index is 3.65. The summed E-state index contributed by atoms with van der Waals surface area (Å²) in [5, 5.41) is 3.65. The molecule has 0 amide bonds. The molecule has 1 aromatic carbocycles. The predicted octanol–water partition coefficient (Wildman–Crippen LogP) is 4.69. The second kappa shape index (κ2) is 8.65. The maximum absolute atomic E-state index is 3.65. The van der Waals surface area contributed by atoms with E-state index in [-0.39, 0.29) is 5.54 Å². The van der Waals surface area contributed by atoms with Gasteiger partial charge in [0.15, 0.2) is 0 Å². The Morgan fingerprint density at radius 2 is 1.84 bits per heavy atom. The van der Waals surface area contributed by atoms with Gasteiger partial charge in [0.2, 0.25) is 0 Å². The largest absolute Gasteiger partial charge is 0.311 e. The highest BCUT2D eigenvalue weighted by Gasteiger charge is 2.15. The first kappa shape index (κ1) is 16.6. The standard InChI is InChI=1S/C17H29NS/c1-5-19-13-9-12-16(14-18-17(2,3)4)15-10-7-6-8-11-15/h6-8,10-11,16,18H,5,9,12-14H2,1-4H3. The number of nitrogens with one attached hydrogen (secondary N) is 1. The zero-order valence-electron chi connectivity index (χ0n) is 12.9. The van der Waals surface area contributed by atoms with Crippen LogP contribution in [0.3, 0.4) is 0 Å². The van der Waals surface area contributed by atoms with Crippen molar-refractivity contribution in [3.05, 3.63) is 35.9 Å². The summed E-state index contributed by atoms with van der Waals surface area (Å²) in [6, 6.07) is 10.9. The van der Waals surface area contributed by atoms with E-state index in [1.54, 1.807) is 0 Å². The lowest BCUT2D eigenvalue weighted by atomic mass is 9.93. The zero-order valence-corrected chi connectivity index (χ0v) is 13.7. The Bertz CT molecular complexity index is 329. The number of hydrogen-bond acceptors (Lipinski definition) is 2. The lowest BCUT2D eigenvalue weighted by Gasteiger charge is -2.25. The van der Waals surface area contributed by atoms with E-state index in [0.29, 0.717) is 5.92 Å². The Balaban J connectivity index is 2.53. The molecule has 0 aliphatic heterocycles. The number of thioether (sulfide) groups is 1. The molecule has 0 fully saturated rings. The van der Waals surface area contributed by atoms with Gasteiger partial charge in [0.1, 0.15) is 0 Å². The molecule has 108 valence electrons. The van der Waals surface area contributed by atoms with E-state index in [1.165, 1.54) is 29.9 Å². The summed E-state index contributed by atoms with van der Waals surface area (Å²) >= 11 is 2.05. The number of hydrogen-bond donors (Lipinski definition) is 1. The van der Waals surface area contributed by atoms with Gasteiger partial charge in [-0.15, -0.1) is 0 Å². The van der Waals surface area contributed by atoms with Crippen LogP contribution in [-0.2, 0) is 0 Å². The quantitative estimate of drug-likeness (QED) is 0.693. The van der Waals surface area contributed by atoms with E-state index in [1.807, 2.05) is 11.8 Å². The van der Waals surface area contributed by atoms with Crippen LogP contribution in [-0.4, -0.2) is 23.6 Å². The number of benzene rings is 1. The molecule has 0 aromatic heterocycles. The lowest BCUT2D eigenvalue weighted by Crippen LogP contribution is -2.38. The van der Waals surface area contributed by atoms with Crippen molar-refractivity contribution in [2.75, 3.05) is 18.1 Å². The molecule has 1 aromatic rings. The molecule has 19 heavy (non-hydrogen) atoms. The molecule has 0 bridgehead atoms. The molecular formula is C17H29NS. The Labute approximate surface area is 123 Å². The fraction of sp³-hybridized carbons (Fsp3) is 0.647. The molecule has 0 saturated heterocycles. The van der Waals surface area contributed by atoms with E-state index in [4.69, 9.17) is 0 Å².